The van der Waals surface area contributed by atoms with Crippen LogP contribution in [0.2, 0.25) is 0 Å². The van der Waals surface area contributed by atoms with Crippen LogP contribution in [0.4, 0.5) is 0 Å². The number of hydrogen-bond acceptors (Lipinski definition) is 5. The van der Waals surface area contributed by atoms with Gasteiger partial charge >= 0.3 is 0 Å². The first kappa shape index (κ1) is 14.7. The predicted molar refractivity (Wildman–Crippen MR) is 77.2 cm³/mol. The fraction of sp³-hybridized carbons (Fsp3) is 0.188. The van der Waals surface area contributed by atoms with Crippen LogP contribution in [0.25, 0.3) is 0 Å². The summed E-state index contributed by atoms with van der Waals surface area (Å²) in [6, 6.07) is 3.77. The number of phenolic OH excluding ortho intramolecular Hbond substituents is 2. The van der Waals surface area contributed by atoms with Crippen molar-refractivity contribution in [2.24, 2.45) is 5.92 Å². The normalized spacial score (nSPS) is 18.2. The molecule has 0 radical (unpaired) electrons. The van der Waals surface area contributed by atoms with Gasteiger partial charge in [-0.05, 0) is 30.4 Å². The lowest BCUT2D eigenvalue weighted by Crippen LogP contribution is -2.08. The van der Waals surface area contributed by atoms with Gasteiger partial charge in [-0.25, -0.2) is 0 Å². The van der Waals surface area contributed by atoms with E-state index >= 15 is 0 Å². The third kappa shape index (κ3) is 3.45. The van der Waals surface area contributed by atoms with Crippen LogP contribution in [0.3, 0.4) is 0 Å². The monoisotopic (exact) mass is 288 g/mol. The summed E-state index contributed by atoms with van der Waals surface area (Å²) in [6.45, 7) is 0. The predicted octanol–water partition coefficient (Wildman–Crippen LogP) is 2.83. The zero-order chi connectivity index (χ0) is 15.4. The average molecular weight is 288 g/mol. The van der Waals surface area contributed by atoms with Crippen molar-refractivity contribution in [1.29, 1.82) is 0 Å². The highest BCUT2D eigenvalue weighted by Crippen LogP contribution is 2.26. The van der Waals surface area contributed by atoms with Crippen LogP contribution in [0, 0.1) is 5.92 Å². The molecule has 0 saturated carbocycles. The number of carbonyl (C=O) groups is 1. The van der Waals surface area contributed by atoms with E-state index in [0.29, 0.717) is 12.2 Å². The lowest BCUT2D eigenvalue weighted by atomic mass is 9.95. The largest absolute Gasteiger partial charge is 0.512 e. The molecule has 0 bridgehead atoms. The van der Waals surface area contributed by atoms with Gasteiger partial charge in [0.05, 0.1) is 24.2 Å². The third-order valence-electron chi connectivity index (χ3n) is 3.23. The Morgan fingerprint density at radius 1 is 1.29 bits per heavy atom. The molecule has 0 aromatic heterocycles. The SMILES string of the molecule is COC1=CC=C(O)C(C=CC(=O)c2ccc(O)cc2O)C1. The quantitative estimate of drug-likeness (QED) is 0.586. The number of ketones is 1. The van der Waals surface area contributed by atoms with Gasteiger partial charge in [0.25, 0.3) is 0 Å². The molecule has 3 N–H and O–H groups in total. The molecule has 1 atom stereocenters. The first-order chi connectivity index (χ1) is 10.0. The first-order valence-electron chi connectivity index (χ1n) is 6.39. The lowest BCUT2D eigenvalue weighted by Gasteiger charge is -2.17. The Kier molecular flexibility index (Phi) is 4.33. The zero-order valence-electron chi connectivity index (χ0n) is 11.5. The molecule has 0 saturated heterocycles. The molecule has 1 aromatic carbocycles. The van der Waals surface area contributed by atoms with Crippen molar-refractivity contribution < 1.29 is 24.9 Å². The first-order valence-corrected chi connectivity index (χ1v) is 6.39. The van der Waals surface area contributed by atoms with Gasteiger partial charge in [0, 0.05) is 18.4 Å². The van der Waals surface area contributed by atoms with Crippen molar-refractivity contribution in [3.05, 3.63) is 59.6 Å². The van der Waals surface area contributed by atoms with E-state index in [0.717, 1.165) is 6.07 Å². The number of phenols is 2. The Morgan fingerprint density at radius 2 is 2.05 bits per heavy atom. The van der Waals surface area contributed by atoms with Gasteiger partial charge in [-0.2, -0.15) is 0 Å². The summed E-state index contributed by atoms with van der Waals surface area (Å²) < 4.78 is 5.11. The van der Waals surface area contributed by atoms with E-state index in [9.17, 15) is 20.1 Å². The second-order valence-corrected chi connectivity index (χ2v) is 4.66. The number of rotatable bonds is 4. The Labute approximate surface area is 122 Å². The number of benzene rings is 1. The number of carbonyl (C=O) groups excluding carboxylic acids is 1. The third-order valence-corrected chi connectivity index (χ3v) is 3.23. The lowest BCUT2D eigenvalue weighted by molar-refractivity contribution is 0.104. The van der Waals surface area contributed by atoms with Gasteiger partial charge in [-0.1, -0.05) is 6.08 Å². The smallest absolute Gasteiger partial charge is 0.189 e. The molecule has 0 aliphatic heterocycles. The molecule has 5 nitrogen and oxygen atoms in total. The molecule has 0 spiro atoms. The minimum absolute atomic E-state index is 0.0887. The van der Waals surface area contributed by atoms with Crippen molar-refractivity contribution in [2.75, 3.05) is 7.11 Å². The second-order valence-electron chi connectivity index (χ2n) is 4.66. The van der Waals surface area contributed by atoms with E-state index in [2.05, 4.69) is 0 Å². The molecule has 5 heteroatoms. The van der Waals surface area contributed by atoms with E-state index < -0.39 is 5.78 Å². The molecule has 0 amide bonds. The summed E-state index contributed by atoms with van der Waals surface area (Å²) in [5, 5.41) is 28.6. The van der Waals surface area contributed by atoms with Crippen molar-refractivity contribution in [3.8, 4) is 11.5 Å². The van der Waals surface area contributed by atoms with Crippen LogP contribution in [-0.2, 0) is 4.74 Å². The van der Waals surface area contributed by atoms with E-state index in [4.69, 9.17) is 4.74 Å². The summed E-state index contributed by atoms with van der Waals surface area (Å²) in [5.74, 6) is -0.291. The van der Waals surface area contributed by atoms with E-state index in [1.807, 2.05) is 0 Å². The minimum Gasteiger partial charge on any atom is -0.512 e. The Bertz CT molecular complexity index is 640. The van der Waals surface area contributed by atoms with Crippen LogP contribution in [-0.4, -0.2) is 28.2 Å². The van der Waals surface area contributed by atoms with Crippen molar-refractivity contribution in [1.82, 2.24) is 0 Å². The molecule has 21 heavy (non-hydrogen) atoms. The van der Waals surface area contributed by atoms with Crippen molar-refractivity contribution in [3.63, 3.8) is 0 Å². The number of methoxy groups -OCH3 is 1. The van der Waals surface area contributed by atoms with Gasteiger partial charge < -0.3 is 20.1 Å². The summed E-state index contributed by atoms with van der Waals surface area (Å²) >= 11 is 0. The molecule has 2 rings (SSSR count). The van der Waals surface area contributed by atoms with Crippen molar-refractivity contribution in [2.45, 2.75) is 6.42 Å². The summed E-state index contributed by atoms with van der Waals surface area (Å²) in [6.07, 6.45) is 6.52. The van der Waals surface area contributed by atoms with Crippen molar-refractivity contribution >= 4 is 5.78 Å². The van der Waals surface area contributed by atoms with Gasteiger partial charge in [-0.15, -0.1) is 0 Å². The summed E-state index contributed by atoms with van der Waals surface area (Å²) in [4.78, 5) is 12.0. The maximum absolute atomic E-state index is 12.0. The fourth-order valence-electron chi connectivity index (χ4n) is 2.03. The average Bonchev–Trinajstić information content (AvgIpc) is 2.46. The zero-order valence-corrected chi connectivity index (χ0v) is 11.5. The second kappa shape index (κ2) is 6.17. The molecular formula is C16H16O5. The molecular weight excluding hydrogens is 272 g/mol. The maximum atomic E-state index is 12.0. The molecule has 110 valence electrons. The number of allylic oxidation sites excluding steroid dienone is 5. The summed E-state index contributed by atoms with van der Waals surface area (Å²) in [7, 11) is 1.54. The van der Waals surface area contributed by atoms with Crippen LogP contribution < -0.4 is 0 Å². The van der Waals surface area contributed by atoms with E-state index in [1.165, 1.54) is 24.3 Å². The maximum Gasteiger partial charge on any atom is 0.189 e. The topological polar surface area (TPSA) is 87.0 Å². The number of ether oxygens (including phenoxy) is 1. The Morgan fingerprint density at radius 3 is 2.71 bits per heavy atom. The highest BCUT2D eigenvalue weighted by molar-refractivity contribution is 6.06. The Balaban J connectivity index is 2.12. The highest BCUT2D eigenvalue weighted by Gasteiger charge is 2.17. The number of hydrogen-bond donors (Lipinski definition) is 3. The number of aliphatic hydroxyl groups is 1. The fourth-order valence-corrected chi connectivity index (χ4v) is 2.03. The minimum atomic E-state index is -0.409. The molecule has 0 heterocycles. The van der Waals surface area contributed by atoms with Gasteiger partial charge in [0.1, 0.15) is 11.5 Å². The molecule has 1 aromatic rings. The van der Waals surface area contributed by atoms with E-state index in [-0.39, 0.29) is 28.7 Å². The molecule has 1 unspecified atom stereocenters. The van der Waals surface area contributed by atoms with Gasteiger partial charge in [-0.3, -0.25) is 4.79 Å². The van der Waals surface area contributed by atoms with Gasteiger partial charge in [0.15, 0.2) is 5.78 Å². The standard InChI is InChI=1S/C16H16O5/c1-21-12-4-7-14(18)10(8-12)2-6-15(19)13-5-3-11(17)9-16(13)20/h2-7,9-10,17-18,20H,8H2,1H3. The number of aliphatic hydroxyl groups excluding tert-OH is 1. The van der Waals surface area contributed by atoms with Crippen LogP contribution in [0.5, 0.6) is 11.5 Å². The van der Waals surface area contributed by atoms with E-state index in [1.54, 1.807) is 19.3 Å². The van der Waals surface area contributed by atoms with Gasteiger partial charge in [0.2, 0.25) is 0 Å². The molecule has 0 fully saturated rings. The van der Waals surface area contributed by atoms with Crippen LogP contribution in [0.1, 0.15) is 16.8 Å². The molecule has 1 aliphatic carbocycles. The van der Waals surface area contributed by atoms with Crippen LogP contribution in [0.15, 0.2) is 54.0 Å². The van der Waals surface area contributed by atoms with Crippen LogP contribution >= 0.6 is 0 Å². The summed E-state index contributed by atoms with van der Waals surface area (Å²) in [5.41, 5.74) is 0.0887. The number of aromatic hydroxyl groups is 2. The molecule has 1 aliphatic rings. The highest BCUT2D eigenvalue weighted by atomic mass is 16.5. The Hall–Kier alpha value is -2.69.